The Balaban J connectivity index is 2.15. The Bertz CT molecular complexity index is 414. The molecule has 1 aromatic carbocycles. The van der Waals surface area contributed by atoms with Gasteiger partial charge in [0, 0.05) is 18.7 Å². The maximum Gasteiger partial charge on any atom is 0.162 e. The Labute approximate surface area is 102 Å². The van der Waals surface area contributed by atoms with Crippen molar-refractivity contribution < 1.29 is 9.47 Å². The number of ether oxygens (including phenoxy) is 2. The lowest BCUT2D eigenvalue weighted by atomic mass is 10.1. The molecule has 0 saturated heterocycles. The summed E-state index contributed by atoms with van der Waals surface area (Å²) in [5.41, 5.74) is 8.02. The molecular formula is C13H20N2O2. The van der Waals surface area contributed by atoms with Crippen molar-refractivity contribution in [3.05, 3.63) is 12.1 Å². The van der Waals surface area contributed by atoms with Crippen molar-refractivity contribution in [1.82, 2.24) is 0 Å². The molecule has 94 valence electrons. The summed E-state index contributed by atoms with van der Waals surface area (Å²) < 4.78 is 10.5. The zero-order chi connectivity index (χ0) is 12.5. The van der Waals surface area contributed by atoms with E-state index in [9.17, 15) is 0 Å². The van der Waals surface area contributed by atoms with E-state index in [-0.39, 0.29) is 0 Å². The van der Waals surface area contributed by atoms with Gasteiger partial charge in [-0.25, -0.2) is 0 Å². The first kappa shape index (κ1) is 11.9. The number of nitrogens with two attached hydrogens (primary N) is 1. The Morgan fingerprint density at radius 3 is 2.35 bits per heavy atom. The third kappa shape index (κ3) is 2.57. The first-order valence-electron chi connectivity index (χ1n) is 5.83. The van der Waals surface area contributed by atoms with Crippen LogP contribution >= 0.6 is 0 Å². The molecule has 1 aromatic rings. The molecule has 0 radical (unpaired) electrons. The number of nitrogens with one attached hydrogen (secondary N) is 1. The van der Waals surface area contributed by atoms with Gasteiger partial charge in [0.05, 0.1) is 25.6 Å². The van der Waals surface area contributed by atoms with Gasteiger partial charge in [0.1, 0.15) is 0 Å². The van der Waals surface area contributed by atoms with Crippen LogP contribution in [0.2, 0.25) is 0 Å². The fraction of sp³-hybridized carbons (Fsp3) is 0.538. The van der Waals surface area contributed by atoms with E-state index in [0.29, 0.717) is 22.6 Å². The van der Waals surface area contributed by atoms with Crippen LogP contribution in [0.1, 0.15) is 19.8 Å². The number of hydrogen-bond donors (Lipinski definition) is 2. The predicted molar refractivity (Wildman–Crippen MR) is 69.8 cm³/mol. The zero-order valence-corrected chi connectivity index (χ0v) is 10.7. The summed E-state index contributed by atoms with van der Waals surface area (Å²) in [6.45, 7) is 3.23. The average Bonchev–Trinajstić information content (AvgIpc) is 3.05. The molecule has 0 bridgehead atoms. The number of rotatable bonds is 5. The van der Waals surface area contributed by atoms with E-state index in [1.807, 2.05) is 6.07 Å². The van der Waals surface area contributed by atoms with Crippen LogP contribution in [0.4, 0.5) is 11.4 Å². The minimum atomic E-state index is 0.444. The molecule has 4 nitrogen and oxygen atoms in total. The standard InChI is InChI=1S/C13H20N2O2/c1-13(4-5-13)8-15-10-7-12(17-3)11(16-2)6-9(10)14/h6-7,15H,4-5,8,14H2,1-3H3. The number of benzene rings is 1. The summed E-state index contributed by atoms with van der Waals surface area (Å²) >= 11 is 0. The van der Waals surface area contributed by atoms with E-state index in [0.717, 1.165) is 12.2 Å². The molecule has 1 aliphatic carbocycles. The van der Waals surface area contributed by atoms with Crippen LogP contribution in [0.3, 0.4) is 0 Å². The van der Waals surface area contributed by atoms with Gasteiger partial charge >= 0.3 is 0 Å². The molecular weight excluding hydrogens is 216 g/mol. The third-order valence-electron chi connectivity index (χ3n) is 3.36. The Hall–Kier alpha value is -1.58. The minimum absolute atomic E-state index is 0.444. The molecule has 4 heteroatoms. The maximum atomic E-state index is 5.97. The molecule has 1 fully saturated rings. The normalized spacial score (nSPS) is 16.4. The van der Waals surface area contributed by atoms with Crippen molar-refractivity contribution in [2.45, 2.75) is 19.8 Å². The molecule has 17 heavy (non-hydrogen) atoms. The van der Waals surface area contributed by atoms with Crippen LogP contribution in [-0.4, -0.2) is 20.8 Å². The topological polar surface area (TPSA) is 56.5 Å². The summed E-state index contributed by atoms with van der Waals surface area (Å²) in [4.78, 5) is 0. The molecule has 1 saturated carbocycles. The number of hydrogen-bond acceptors (Lipinski definition) is 4. The second-order valence-electron chi connectivity index (χ2n) is 4.96. The Morgan fingerprint density at radius 1 is 1.24 bits per heavy atom. The van der Waals surface area contributed by atoms with Crippen LogP contribution in [0.15, 0.2) is 12.1 Å². The maximum absolute atomic E-state index is 5.97. The molecule has 0 unspecified atom stereocenters. The smallest absolute Gasteiger partial charge is 0.162 e. The van der Waals surface area contributed by atoms with Crippen molar-refractivity contribution in [3.63, 3.8) is 0 Å². The van der Waals surface area contributed by atoms with Crippen molar-refractivity contribution >= 4 is 11.4 Å². The van der Waals surface area contributed by atoms with Crippen LogP contribution in [0.5, 0.6) is 11.5 Å². The number of anilines is 2. The van der Waals surface area contributed by atoms with E-state index >= 15 is 0 Å². The van der Waals surface area contributed by atoms with Gasteiger partial charge in [0.15, 0.2) is 11.5 Å². The SMILES string of the molecule is COc1cc(N)c(NCC2(C)CC2)cc1OC. The molecule has 1 aliphatic rings. The van der Waals surface area contributed by atoms with Gasteiger partial charge in [-0.3, -0.25) is 0 Å². The average molecular weight is 236 g/mol. The number of nitrogen functional groups attached to an aromatic ring is 1. The molecule has 0 aliphatic heterocycles. The molecule has 0 amide bonds. The lowest BCUT2D eigenvalue weighted by molar-refractivity contribution is 0.355. The minimum Gasteiger partial charge on any atom is -0.493 e. The van der Waals surface area contributed by atoms with Gasteiger partial charge in [-0.1, -0.05) is 6.92 Å². The van der Waals surface area contributed by atoms with Crippen LogP contribution in [-0.2, 0) is 0 Å². The highest BCUT2D eigenvalue weighted by Gasteiger charge is 2.36. The summed E-state index contributed by atoms with van der Waals surface area (Å²) in [6, 6.07) is 3.68. The van der Waals surface area contributed by atoms with Gasteiger partial charge < -0.3 is 20.5 Å². The molecule has 0 atom stereocenters. The molecule has 0 aromatic heterocycles. The zero-order valence-electron chi connectivity index (χ0n) is 10.7. The highest BCUT2D eigenvalue weighted by atomic mass is 16.5. The second kappa shape index (κ2) is 4.35. The van der Waals surface area contributed by atoms with Crippen molar-refractivity contribution in [2.24, 2.45) is 5.41 Å². The summed E-state index contributed by atoms with van der Waals surface area (Å²) in [6.07, 6.45) is 2.57. The largest absolute Gasteiger partial charge is 0.493 e. The first-order valence-corrected chi connectivity index (χ1v) is 5.83. The fourth-order valence-corrected chi connectivity index (χ4v) is 1.75. The quantitative estimate of drug-likeness (QED) is 0.771. The van der Waals surface area contributed by atoms with Gasteiger partial charge in [-0.2, -0.15) is 0 Å². The van der Waals surface area contributed by atoms with Gasteiger partial charge in [-0.15, -0.1) is 0 Å². The van der Waals surface area contributed by atoms with Crippen molar-refractivity contribution in [2.75, 3.05) is 31.8 Å². The van der Waals surface area contributed by atoms with Crippen molar-refractivity contribution in [3.8, 4) is 11.5 Å². The molecule has 2 rings (SSSR count). The molecule has 0 spiro atoms. The molecule has 3 N–H and O–H groups in total. The van der Waals surface area contributed by atoms with Crippen LogP contribution in [0, 0.1) is 5.41 Å². The predicted octanol–water partition coefficient (Wildman–Crippen LogP) is 2.50. The lowest BCUT2D eigenvalue weighted by Crippen LogP contribution is -2.13. The first-order chi connectivity index (χ1) is 8.08. The summed E-state index contributed by atoms with van der Waals surface area (Å²) in [5, 5.41) is 3.38. The number of methoxy groups -OCH3 is 2. The van der Waals surface area contributed by atoms with E-state index in [1.54, 1.807) is 20.3 Å². The highest BCUT2D eigenvalue weighted by Crippen LogP contribution is 2.45. The molecule has 0 heterocycles. The van der Waals surface area contributed by atoms with Crippen LogP contribution in [0.25, 0.3) is 0 Å². The van der Waals surface area contributed by atoms with E-state index in [1.165, 1.54) is 12.8 Å². The van der Waals surface area contributed by atoms with Gasteiger partial charge in [-0.05, 0) is 18.3 Å². The second-order valence-corrected chi connectivity index (χ2v) is 4.96. The Morgan fingerprint density at radius 2 is 1.82 bits per heavy atom. The fourth-order valence-electron chi connectivity index (χ4n) is 1.75. The van der Waals surface area contributed by atoms with Gasteiger partial charge in [0.25, 0.3) is 0 Å². The van der Waals surface area contributed by atoms with Crippen LogP contribution < -0.4 is 20.5 Å². The highest BCUT2D eigenvalue weighted by molar-refractivity contribution is 5.72. The monoisotopic (exact) mass is 236 g/mol. The summed E-state index contributed by atoms with van der Waals surface area (Å²) in [7, 11) is 3.23. The van der Waals surface area contributed by atoms with E-state index in [4.69, 9.17) is 15.2 Å². The van der Waals surface area contributed by atoms with E-state index in [2.05, 4.69) is 12.2 Å². The summed E-state index contributed by atoms with van der Waals surface area (Å²) in [5.74, 6) is 1.36. The Kier molecular flexibility index (Phi) is 3.05. The van der Waals surface area contributed by atoms with Crippen molar-refractivity contribution in [1.29, 1.82) is 0 Å². The lowest BCUT2D eigenvalue weighted by Gasteiger charge is -2.16. The van der Waals surface area contributed by atoms with Gasteiger partial charge in [0.2, 0.25) is 0 Å². The van der Waals surface area contributed by atoms with E-state index < -0.39 is 0 Å². The third-order valence-corrected chi connectivity index (χ3v) is 3.36.